The number of ketones is 1. The summed E-state index contributed by atoms with van der Waals surface area (Å²) >= 11 is 6.11. The number of rotatable bonds is 4. The van der Waals surface area contributed by atoms with Crippen LogP contribution in [0.1, 0.15) is 49.4 Å². The Morgan fingerprint density at radius 3 is 2.67 bits per heavy atom. The number of halogens is 1. The maximum absolute atomic E-state index is 12.3. The van der Waals surface area contributed by atoms with Crippen LogP contribution in [0.4, 0.5) is 0 Å². The van der Waals surface area contributed by atoms with Crippen molar-refractivity contribution in [3.05, 3.63) is 28.8 Å². The number of benzene rings is 1. The van der Waals surface area contributed by atoms with Crippen LogP contribution in [0.25, 0.3) is 0 Å². The van der Waals surface area contributed by atoms with E-state index in [-0.39, 0.29) is 11.7 Å². The summed E-state index contributed by atoms with van der Waals surface area (Å²) in [4.78, 5) is 12.3. The fraction of sp³-hybridized carbons (Fsp3) is 0.533. The molecule has 0 heterocycles. The lowest BCUT2D eigenvalue weighted by Crippen LogP contribution is -2.17. The van der Waals surface area contributed by atoms with Crippen LogP contribution in [0.3, 0.4) is 0 Å². The molecular weight excluding hydrogens is 248 g/mol. The van der Waals surface area contributed by atoms with Gasteiger partial charge in [0.25, 0.3) is 0 Å². The number of hydrogen-bond donors (Lipinski definition) is 0. The van der Waals surface area contributed by atoms with Crippen molar-refractivity contribution in [3.8, 4) is 5.75 Å². The fourth-order valence-electron chi connectivity index (χ4n) is 2.53. The Morgan fingerprint density at radius 1 is 1.33 bits per heavy atom. The number of ether oxygens (including phenoxy) is 1. The first kappa shape index (κ1) is 13.4. The summed E-state index contributed by atoms with van der Waals surface area (Å²) in [5, 5.41) is 0.526. The zero-order chi connectivity index (χ0) is 13.0. The first-order chi connectivity index (χ1) is 8.72. The Kier molecular flexibility index (Phi) is 4.65. The molecule has 1 aliphatic carbocycles. The first-order valence-corrected chi connectivity index (χ1v) is 7.06. The van der Waals surface area contributed by atoms with Crippen molar-refractivity contribution >= 4 is 17.4 Å². The molecule has 0 aromatic heterocycles. The lowest BCUT2D eigenvalue weighted by atomic mass is 9.84. The summed E-state index contributed by atoms with van der Waals surface area (Å²) in [5.74, 6) is 1.08. The van der Waals surface area contributed by atoms with Crippen LogP contribution in [0, 0.1) is 5.92 Å². The van der Waals surface area contributed by atoms with E-state index < -0.39 is 0 Å². The molecule has 3 heteroatoms. The van der Waals surface area contributed by atoms with Gasteiger partial charge in [0.05, 0.1) is 11.6 Å². The van der Waals surface area contributed by atoms with Crippen LogP contribution in [-0.4, -0.2) is 12.4 Å². The van der Waals surface area contributed by atoms with Crippen molar-refractivity contribution < 1.29 is 9.53 Å². The van der Waals surface area contributed by atoms with Crippen LogP contribution in [0.5, 0.6) is 5.75 Å². The molecule has 1 aliphatic rings. The van der Waals surface area contributed by atoms with Crippen molar-refractivity contribution in [1.29, 1.82) is 0 Å². The molecule has 0 amide bonds. The standard InChI is InChI=1S/C15H19ClO2/c1-2-18-14-9-8-12(10-13(14)16)15(17)11-6-4-3-5-7-11/h8-11H,2-7H2,1H3. The normalized spacial score (nSPS) is 16.6. The minimum Gasteiger partial charge on any atom is -0.492 e. The van der Waals surface area contributed by atoms with Gasteiger partial charge >= 0.3 is 0 Å². The zero-order valence-electron chi connectivity index (χ0n) is 10.7. The van der Waals surface area contributed by atoms with Crippen LogP contribution in [-0.2, 0) is 0 Å². The summed E-state index contributed by atoms with van der Waals surface area (Å²) < 4.78 is 5.37. The van der Waals surface area contributed by atoms with Gasteiger partial charge in [0.1, 0.15) is 5.75 Å². The maximum Gasteiger partial charge on any atom is 0.165 e. The maximum atomic E-state index is 12.3. The van der Waals surface area contributed by atoms with E-state index in [1.54, 1.807) is 12.1 Å². The minimum atomic E-state index is 0.188. The number of carbonyl (C=O) groups excluding carboxylic acids is 1. The van der Waals surface area contributed by atoms with Crippen LogP contribution >= 0.6 is 11.6 Å². The average Bonchev–Trinajstić information content (AvgIpc) is 2.41. The second-order valence-electron chi connectivity index (χ2n) is 4.78. The molecule has 0 N–H and O–H groups in total. The molecular formula is C15H19ClO2. The first-order valence-electron chi connectivity index (χ1n) is 6.69. The molecule has 98 valence electrons. The summed E-state index contributed by atoms with van der Waals surface area (Å²) in [7, 11) is 0. The third-order valence-corrected chi connectivity index (χ3v) is 3.79. The molecule has 0 atom stereocenters. The lowest BCUT2D eigenvalue weighted by molar-refractivity contribution is 0.0889. The molecule has 0 radical (unpaired) electrons. The van der Waals surface area contributed by atoms with Gasteiger partial charge in [0, 0.05) is 11.5 Å². The Hall–Kier alpha value is -1.02. The quantitative estimate of drug-likeness (QED) is 0.750. The van der Waals surface area contributed by atoms with Gasteiger partial charge in [-0.05, 0) is 38.0 Å². The topological polar surface area (TPSA) is 26.3 Å². The Labute approximate surface area is 113 Å². The van der Waals surface area contributed by atoms with E-state index in [0.717, 1.165) is 18.4 Å². The van der Waals surface area contributed by atoms with Gasteiger partial charge in [0.15, 0.2) is 5.78 Å². The number of hydrogen-bond acceptors (Lipinski definition) is 2. The van der Waals surface area contributed by atoms with Crippen molar-refractivity contribution in [2.24, 2.45) is 5.92 Å². The molecule has 18 heavy (non-hydrogen) atoms. The molecule has 2 nitrogen and oxygen atoms in total. The van der Waals surface area contributed by atoms with E-state index in [9.17, 15) is 4.79 Å². The summed E-state index contributed by atoms with van der Waals surface area (Å²) in [6.45, 7) is 2.49. The van der Waals surface area contributed by atoms with E-state index in [4.69, 9.17) is 16.3 Å². The van der Waals surface area contributed by atoms with Gasteiger partial charge in [-0.15, -0.1) is 0 Å². The number of carbonyl (C=O) groups is 1. The highest BCUT2D eigenvalue weighted by Gasteiger charge is 2.22. The van der Waals surface area contributed by atoms with Crippen LogP contribution in [0.2, 0.25) is 5.02 Å². The van der Waals surface area contributed by atoms with Gasteiger partial charge in [-0.25, -0.2) is 0 Å². The average molecular weight is 267 g/mol. The molecule has 1 saturated carbocycles. The second kappa shape index (κ2) is 6.24. The third-order valence-electron chi connectivity index (χ3n) is 3.49. The van der Waals surface area contributed by atoms with Crippen molar-refractivity contribution in [2.45, 2.75) is 39.0 Å². The van der Waals surface area contributed by atoms with Crippen molar-refractivity contribution in [3.63, 3.8) is 0 Å². The van der Waals surface area contributed by atoms with E-state index in [0.29, 0.717) is 17.4 Å². The van der Waals surface area contributed by atoms with E-state index in [1.807, 2.05) is 13.0 Å². The van der Waals surface area contributed by atoms with Gasteiger partial charge < -0.3 is 4.74 Å². The highest BCUT2D eigenvalue weighted by atomic mass is 35.5. The minimum absolute atomic E-state index is 0.188. The highest BCUT2D eigenvalue weighted by Crippen LogP contribution is 2.30. The predicted molar refractivity (Wildman–Crippen MR) is 73.5 cm³/mol. The number of Topliss-reactive ketones (excluding diaryl/α,β-unsaturated/α-hetero) is 1. The SMILES string of the molecule is CCOc1ccc(C(=O)C2CCCCC2)cc1Cl. The predicted octanol–water partition coefficient (Wildman–Crippen LogP) is 4.50. The molecule has 2 rings (SSSR count). The monoisotopic (exact) mass is 266 g/mol. The summed E-state index contributed by atoms with van der Waals surface area (Å²) in [6, 6.07) is 5.36. The van der Waals surface area contributed by atoms with E-state index in [1.165, 1.54) is 19.3 Å². The summed E-state index contributed by atoms with van der Waals surface area (Å²) in [5.41, 5.74) is 0.718. The Morgan fingerprint density at radius 2 is 2.06 bits per heavy atom. The zero-order valence-corrected chi connectivity index (χ0v) is 11.5. The third kappa shape index (κ3) is 3.05. The molecule has 1 aromatic rings. The molecule has 0 bridgehead atoms. The Balaban J connectivity index is 2.12. The largest absolute Gasteiger partial charge is 0.492 e. The molecule has 0 saturated heterocycles. The molecule has 0 aliphatic heterocycles. The van der Waals surface area contributed by atoms with E-state index >= 15 is 0 Å². The molecule has 0 spiro atoms. The van der Waals surface area contributed by atoms with Crippen molar-refractivity contribution in [1.82, 2.24) is 0 Å². The molecule has 1 fully saturated rings. The molecule has 0 unspecified atom stereocenters. The van der Waals surface area contributed by atoms with Gasteiger partial charge in [-0.3, -0.25) is 4.79 Å². The van der Waals surface area contributed by atoms with Gasteiger partial charge in [0.2, 0.25) is 0 Å². The fourth-order valence-corrected chi connectivity index (χ4v) is 2.76. The second-order valence-corrected chi connectivity index (χ2v) is 5.18. The highest BCUT2D eigenvalue weighted by molar-refractivity contribution is 6.32. The smallest absolute Gasteiger partial charge is 0.165 e. The Bertz CT molecular complexity index is 423. The van der Waals surface area contributed by atoms with Crippen molar-refractivity contribution in [2.75, 3.05) is 6.61 Å². The summed E-state index contributed by atoms with van der Waals surface area (Å²) in [6.07, 6.45) is 5.63. The lowest BCUT2D eigenvalue weighted by Gasteiger charge is -2.20. The van der Waals surface area contributed by atoms with Crippen LogP contribution in [0.15, 0.2) is 18.2 Å². The van der Waals surface area contributed by atoms with Gasteiger partial charge in [-0.1, -0.05) is 30.9 Å². The van der Waals surface area contributed by atoms with Crippen LogP contribution < -0.4 is 4.74 Å². The van der Waals surface area contributed by atoms with E-state index in [2.05, 4.69) is 0 Å². The molecule has 1 aromatic carbocycles. The van der Waals surface area contributed by atoms with Gasteiger partial charge in [-0.2, -0.15) is 0 Å².